The summed E-state index contributed by atoms with van der Waals surface area (Å²) >= 11 is 0. The zero-order chi connectivity index (χ0) is 22.4. The first-order valence-corrected chi connectivity index (χ1v) is 11.0. The van der Waals surface area contributed by atoms with Crippen molar-refractivity contribution in [3.8, 4) is 0 Å². The molecule has 0 bridgehead atoms. The van der Waals surface area contributed by atoms with Gasteiger partial charge in [-0.15, -0.1) is 0 Å². The standard InChI is InChI=1S/C23H36O7.K.H/c1-4-13(2)23(29)30-20-11-17(25)9-15-6-5-14(3)19(22(15)20)8-7-16(24)10-18(26)12-21(27)28;;/h5-6,9,13-14,16-20,22,24-26H,4,7-8,10-12H2,1-3H3,(H,27,28);;/t13?,14-,16?,17+,18?,19-,20-,22-;;/m0../s1. The predicted octanol–water partition coefficient (Wildman–Crippen LogP) is 1.79. The maximum absolute atomic E-state index is 12.4. The zero-order valence-corrected chi connectivity index (χ0v) is 18.1. The van der Waals surface area contributed by atoms with Crippen LogP contribution in [0.2, 0.25) is 0 Å². The van der Waals surface area contributed by atoms with Crippen molar-refractivity contribution >= 4 is 63.3 Å². The van der Waals surface area contributed by atoms with Gasteiger partial charge in [0.2, 0.25) is 0 Å². The van der Waals surface area contributed by atoms with Gasteiger partial charge < -0.3 is 25.2 Å². The van der Waals surface area contributed by atoms with Crippen molar-refractivity contribution in [2.75, 3.05) is 0 Å². The van der Waals surface area contributed by atoms with Crippen LogP contribution in [0, 0.1) is 23.7 Å². The third kappa shape index (κ3) is 8.66. The molecule has 0 aromatic carbocycles. The third-order valence-electron chi connectivity index (χ3n) is 6.44. The van der Waals surface area contributed by atoms with Crippen molar-refractivity contribution in [3.63, 3.8) is 0 Å². The van der Waals surface area contributed by atoms with E-state index in [-0.39, 0.29) is 93.9 Å². The Morgan fingerprint density at radius 2 is 1.94 bits per heavy atom. The Balaban J connectivity index is 0.00000480. The number of aliphatic carboxylic acids is 1. The van der Waals surface area contributed by atoms with E-state index in [0.29, 0.717) is 25.7 Å². The van der Waals surface area contributed by atoms with Crippen LogP contribution in [0.15, 0.2) is 23.8 Å². The van der Waals surface area contributed by atoms with Crippen molar-refractivity contribution in [2.24, 2.45) is 23.7 Å². The molecule has 0 fully saturated rings. The van der Waals surface area contributed by atoms with Gasteiger partial charge in [-0.3, -0.25) is 9.59 Å². The van der Waals surface area contributed by atoms with Gasteiger partial charge in [0.05, 0.1) is 30.7 Å². The summed E-state index contributed by atoms with van der Waals surface area (Å²) in [6.45, 7) is 5.85. The Labute approximate surface area is 227 Å². The Hall–Kier alpha value is -0.0636. The van der Waals surface area contributed by atoms with E-state index < -0.39 is 30.4 Å². The summed E-state index contributed by atoms with van der Waals surface area (Å²) in [5.41, 5.74) is 0.958. The van der Waals surface area contributed by atoms with E-state index in [1.807, 2.05) is 26.0 Å². The second-order valence-electron chi connectivity index (χ2n) is 8.88. The molecule has 31 heavy (non-hydrogen) atoms. The monoisotopic (exact) mass is 464 g/mol. The molecule has 172 valence electrons. The van der Waals surface area contributed by atoms with Gasteiger partial charge in [0.1, 0.15) is 6.10 Å². The van der Waals surface area contributed by atoms with Crippen molar-refractivity contribution in [3.05, 3.63) is 23.8 Å². The van der Waals surface area contributed by atoms with Crippen LogP contribution in [0.3, 0.4) is 0 Å². The number of fused-ring (bicyclic) bond motifs is 1. The summed E-state index contributed by atoms with van der Waals surface area (Å²) in [6.07, 6.45) is 4.64. The third-order valence-corrected chi connectivity index (χ3v) is 6.44. The first-order chi connectivity index (χ1) is 14.1. The molecule has 0 saturated carbocycles. The van der Waals surface area contributed by atoms with E-state index in [1.165, 1.54) is 0 Å². The minimum absolute atomic E-state index is 0. The molecule has 2 rings (SSSR count). The van der Waals surface area contributed by atoms with Crippen LogP contribution in [0.1, 0.15) is 59.3 Å². The molecular formula is C23H37KO7. The molecule has 0 amide bonds. The molecule has 7 nitrogen and oxygen atoms in total. The normalized spacial score (nSPS) is 30.3. The molecule has 2 aliphatic rings. The molecule has 2 aliphatic carbocycles. The molecule has 3 unspecified atom stereocenters. The van der Waals surface area contributed by atoms with Crippen LogP contribution in [0.25, 0.3) is 0 Å². The first kappa shape index (κ1) is 29.0. The van der Waals surface area contributed by atoms with Gasteiger partial charge >= 0.3 is 63.3 Å². The molecule has 0 saturated heterocycles. The summed E-state index contributed by atoms with van der Waals surface area (Å²) in [6, 6.07) is 0. The van der Waals surface area contributed by atoms with Crippen molar-refractivity contribution in [1.29, 1.82) is 0 Å². The number of carboxylic acids is 1. The maximum atomic E-state index is 12.4. The second kappa shape index (κ2) is 13.6. The summed E-state index contributed by atoms with van der Waals surface area (Å²) < 4.78 is 5.84. The molecule has 8 atom stereocenters. The molecule has 8 heteroatoms. The fourth-order valence-corrected chi connectivity index (χ4v) is 4.52. The second-order valence-corrected chi connectivity index (χ2v) is 8.88. The van der Waals surface area contributed by atoms with Gasteiger partial charge in [0.15, 0.2) is 0 Å². The molecule has 0 spiro atoms. The Morgan fingerprint density at radius 1 is 1.26 bits per heavy atom. The van der Waals surface area contributed by atoms with Crippen LogP contribution in [0.5, 0.6) is 0 Å². The summed E-state index contributed by atoms with van der Waals surface area (Å²) in [5.74, 6) is -1.31. The molecule has 4 N–H and O–H groups in total. The number of allylic oxidation sites excluding steroid dienone is 2. The number of aliphatic hydroxyl groups is 3. The van der Waals surface area contributed by atoms with E-state index in [0.717, 1.165) is 5.57 Å². The van der Waals surface area contributed by atoms with Crippen LogP contribution in [-0.4, -0.2) is 108 Å². The number of carboxylic acid groups (broad SMARTS) is 1. The van der Waals surface area contributed by atoms with Gasteiger partial charge in [0, 0.05) is 12.3 Å². The Kier molecular flexibility index (Phi) is 12.7. The molecule has 0 heterocycles. The molecule has 0 aliphatic heterocycles. The predicted molar refractivity (Wildman–Crippen MR) is 119 cm³/mol. The van der Waals surface area contributed by atoms with Gasteiger partial charge in [0.25, 0.3) is 0 Å². The number of carbonyl (C=O) groups excluding carboxylic acids is 1. The fraction of sp³-hybridized carbons (Fsp3) is 0.739. The van der Waals surface area contributed by atoms with Gasteiger partial charge in [-0.1, -0.05) is 39.0 Å². The first-order valence-electron chi connectivity index (χ1n) is 11.0. The fourth-order valence-electron chi connectivity index (χ4n) is 4.52. The number of hydrogen-bond donors (Lipinski definition) is 4. The zero-order valence-electron chi connectivity index (χ0n) is 18.1. The van der Waals surface area contributed by atoms with Crippen LogP contribution < -0.4 is 0 Å². The number of esters is 1. The average molecular weight is 465 g/mol. The summed E-state index contributed by atoms with van der Waals surface area (Å²) in [5, 5.41) is 39.1. The molecule has 0 radical (unpaired) electrons. The van der Waals surface area contributed by atoms with Crippen molar-refractivity contribution in [1.82, 2.24) is 0 Å². The number of rotatable bonds is 10. The van der Waals surface area contributed by atoms with Crippen molar-refractivity contribution < 1.29 is 34.8 Å². The van der Waals surface area contributed by atoms with Crippen molar-refractivity contribution in [2.45, 2.75) is 83.7 Å². The molecular weight excluding hydrogens is 427 g/mol. The Morgan fingerprint density at radius 3 is 2.55 bits per heavy atom. The average Bonchev–Trinajstić information content (AvgIpc) is 2.65. The molecule has 0 aromatic rings. The Bertz CT molecular complexity index is 662. The van der Waals surface area contributed by atoms with Crippen LogP contribution >= 0.6 is 0 Å². The van der Waals surface area contributed by atoms with E-state index in [1.54, 1.807) is 0 Å². The van der Waals surface area contributed by atoms with Gasteiger partial charge in [-0.25, -0.2) is 0 Å². The number of aliphatic hydroxyl groups excluding tert-OH is 3. The van der Waals surface area contributed by atoms with E-state index in [2.05, 4.69) is 13.0 Å². The van der Waals surface area contributed by atoms with Crippen LogP contribution in [-0.2, 0) is 14.3 Å². The number of ether oxygens (including phenoxy) is 1. The number of hydrogen-bond acceptors (Lipinski definition) is 6. The quantitative estimate of drug-likeness (QED) is 0.287. The SMILES string of the molecule is CCC(C)C(=O)O[C@H]1C[C@H](O)C=C2C=C[C@H](C)[C@H](CCC(O)CC(O)CC(=O)O)[C@H]21.[KH]. The van der Waals surface area contributed by atoms with E-state index in [9.17, 15) is 24.9 Å². The summed E-state index contributed by atoms with van der Waals surface area (Å²) in [7, 11) is 0. The number of carbonyl (C=O) groups is 2. The molecule has 0 aromatic heterocycles. The topological polar surface area (TPSA) is 124 Å². The van der Waals surface area contributed by atoms with Gasteiger partial charge in [-0.05, 0) is 43.1 Å². The van der Waals surface area contributed by atoms with E-state index >= 15 is 0 Å². The van der Waals surface area contributed by atoms with Gasteiger partial charge in [-0.2, -0.15) is 0 Å². The van der Waals surface area contributed by atoms with Crippen LogP contribution in [0.4, 0.5) is 0 Å². The van der Waals surface area contributed by atoms with E-state index in [4.69, 9.17) is 9.84 Å². The summed E-state index contributed by atoms with van der Waals surface area (Å²) in [4.78, 5) is 23.1. The minimum atomic E-state index is -1.10.